The lowest BCUT2D eigenvalue weighted by molar-refractivity contribution is -0.120. The minimum absolute atomic E-state index is 0.0375. The van der Waals surface area contributed by atoms with Crippen LogP contribution in [0.2, 0.25) is 0 Å². The van der Waals surface area contributed by atoms with Gasteiger partial charge in [-0.2, -0.15) is 0 Å². The molecule has 0 spiro atoms. The van der Waals surface area contributed by atoms with Gasteiger partial charge in [0.25, 0.3) is 0 Å². The second kappa shape index (κ2) is 9.00. The molecule has 9 heteroatoms. The predicted octanol–water partition coefficient (Wildman–Crippen LogP) is 1.51. The highest BCUT2D eigenvalue weighted by molar-refractivity contribution is 8.00. The molecule has 1 aromatic heterocycles. The van der Waals surface area contributed by atoms with Gasteiger partial charge in [-0.3, -0.25) is 4.79 Å². The lowest BCUT2D eigenvalue weighted by Gasteiger charge is -2.14. The minimum atomic E-state index is -0.294. The van der Waals surface area contributed by atoms with Gasteiger partial charge in [-0.05, 0) is 47.9 Å². The van der Waals surface area contributed by atoms with E-state index in [4.69, 9.17) is 9.47 Å². The summed E-state index contributed by atoms with van der Waals surface area (Å²) in [5.41, 5.74) is 1.05. The van der Waals surface area contributed by atoms with Crippen LogP contribution in [0.4, 0.5) is 0 Å². The number of aromatic nitrogens is 4. The molecule has 1 aliphatic rings. The molecule has 1 amide bonds. The van der Waals surface area contributed by atoms with Crippen LogP contribution in [0.3, 0.4) is 0 Å². The van der Waals surface area contributed by atoms with Crippen molar-refractivity contribution in [2.45, 2.75) is 42.8 Å². The predicted molar refractivity (Wildman–Crippen MR) is 97.2 cm³/mol. The van der Waals surface area contributed by atoms with Crippen LogP contribution < -0.4 is 10.1 Å². The number of rotatable bonds is 8. The van der Waals surface area contributed by atoms with Crippen molar-refractivity contribution >= 4 is 17.7 Å². The van der Waals surface area contributed by atoms with Crippen LogP contribution in [0.5, 0.6) is 5.75 Å². The van der Waals surface area contributed by atoms with Crippen LogP contribution in [0.1, 0.15) is 25.3 Å². The zero-order chi connectivity index (χ0) is 18.4. The van der Waals surface area contributed by atoms with E-state index in [-0.39, 0.29) is 17.3 Å². The summed E-state index contributed by atoms with van der Waals surface area (Å²) in [6.45, 7) is 3.72. The fraction of sp³-hybridized carbons (Fsp3) is 0.529. The number of nitrogens with one attached hydrogen (secondary N) is 1. The van der Waals surface area contributed by atoms with Crippen LogP contribution in [-0.2, 0) is 16.1 Å². The van der Waals surface area contributed by atoms with E-state index in [1.54, 1.807) is 11.8 Å². The van der Waals surface area contributed by atoms with Gasteiger partial charge >= 0.3 is 0 Å². The van der Waals surface area contributed by atoms with E-state index >= 15 is 0 Å². The van der Waals surface area contributed by atoms with E-state index in [1.165, 1.54) is 11.8 Å². The molecule has 0 radical (unpaired) electrons. The van der Waals surface area contributed by atoms with E-state index in [1.807, 2.05) is 31.2 Å². The summed E-state index contributed by atoms with van der Waals surface area (Å²) in [6, 6.07) is 7.72. The second-order valence-electron chi connectivity index (χ2n) is 6.11. The maximum absolute atomic E-state index is 12.3. The molecule has 1 saturated heterocycles. The highest BCUT2D eigenvalue weighted by Gasteiger charge is 2.21. The van der Waals surface area contributed by atoms with E-state index in [0.29, 0.717) is 18.2 Å². The molecule has 3 rings (SSSR count). The number of methoxy groups -OCH3 is 1. The molecule has 0 saturated carbocycles. The standard InChI is InChI=1S/C17H23N5O3S/c1-12(16(23)18-10-15-4-3-9-25-15)26-17-19-20-21-22(17)11-13-5-7-14(24-2)8-6-13/h5-8,12,15H,3-4,9-11H2,1-2H3,(H,18,23). The Morgan fingerprint density at radius 2 is 2.27 bits per heavy atom. The Morgan fingerprint density at radius 1 is 1.46 bits per heavy atom. The zero-order valence-electron chi connectivity index (χ0n) is 14.9. The van der Waals surface area contributed by atoms with Gasteiger partial charge in [0.15, 0.2) is 0 Å². The topological polar surface area (TPSA) is 91.2 Å². The number of nitrogens with zero attached hydrogens (tertiary/aromatic N) is 4. The number of tetrazole rings is 1. The Balaban J connectivity index is 1.54. The summed E-state index contributed by atoms with van der Waals surface area (Å²) in [5, 5.41) is 15.1. The first-order chi connectivity index (χ1) is 12.7. The van der Waals surface area contributed by atoms with Crippen molar-refractivity contribution in [1.82, 2.24) is 25.5 Å². The Bertz CT molecular complexity index is 715. The van der Waals surface area contributed by atoms with Gasteiger partial charge in [0.2, 0.25) is 11.1 Å². The average Bonchev–Trinajstić information content (AvgIpc) is 3.32. The second-order valence-corrected chi connectivity index (χ2v) is 7.42. The van der Waals surface area contributed by atoms with Crippen molar-refractivity contribution in [2.24, 2.45) is 0 Å². The number of hydrogen-bond donors (Lipinski definition) is 1. The normalized spacial score (nSPS) is 17.8. The molecule has 2 aromatic rings. The molecule has 1 aromatic carbocycles. The molecule has 2 atom stereocenters. The summed E-state index contributed by atoms with van der Waals surface area (Å²) < 4.78 is 12.4. The van der Waals surface area contributed by atoms with E-state index in [0.717, 1.165) is 30.8 Å². The quantitative estimate of drug-likeness (QED) is 0.697. The van der Waals surface area contributed by atoms with Crippen LogP contribution in [0.15, 0.2) is 29.4 Å². The molecule has 0 bridgehead atoms. The summed E-state index contributed by atoms with van der Waals surface area (Å²) >= 11 is 1.34. The first-order valence-electron chi connectivity index (χ1n) is 8.61. The van der Waals surface area contributed by atoms with E-state index in [2.05, 4.69) is 20.8 Å². The van der Waals surface area contributed by atoms with Gasteiger partial charge in [0.1, 0.15) is 5.75 Å². The smallest absolute Gasteiger partial charge is 0.233 e. The van der Waals surface area contributed by atoms with E-state index in [9.17, 15) is 4.79 Å². The molecular formula is C17H23N5O3S. The molecule has 2 unspecified atom stereocenters. The van der Waals surface area contributed by atoms with Crippen LogP contribution >= 0.6 is 11.8 Å². The summed E-state index contributed by atoms with van der Waals surface area (Å²) in [4.78, 5) is 12.3. The Labute approximate surface area is 156 Å². The number of hydrogen-bond acceptors (Lipinski definition) is 7. The molecule has 0 aliphatic carbocycles. The summed E-state index contributed by atoms with van der Waals surface area (Å²) in [5.74, 6) is 0.765. The van der Waals surface area contributed by atoms with Crippen LogP contribution in [0.25, 0.3) is 0 Å². The summed E-state index contributed by atoms with van der Waals surface area (Å²) in [7, 11) is 1.64. The lowest BCUT2D eigenvalue weighted by atomic mass is 10.2. The van der Waals surface area contributed by atoms with Gasteiger partial charge in [-0.1, -0.05) is 23.9 Å². The Morgan fingerprint density at radius 3 is 2.96 bits per heavy atom. The lowest BCUT2D eigenvalue weighted by Crippen LogP contribution is -2.36. The van der Waals surface area contributed by atoms with Crippen molar-refractivity contribution in [1.29, 1.82) is 0 Å². The van der Waals surface area contributed by atoms with Crippen molar-refractivity contribution in [3.8, 4) is 5.75 Å². The fourth-order valence-electron chi connectivity index (χ4n) is 2.66. The SMILES string of the molecule is COc1ccc(Cn2nnnc2SC(C)C(=O)NCC2CCCO2)cc1. The van der Waals surface area contributed by atoms with E-state index < -0.39 is 0 Å². The van der Waals surface area contributed by atoms with Crippen molar-refractivity contribution in [3.63, 3.8) is 0 Å². The first-order valence-corrected chi connectivity index (χ1v) is 9.48. The minimum Gasteiger partial charge on any atom is -0.497 e. The summed E-state index contributed by atoms with van der Waals surface area (Å²) in [6.07, 6.45) is 2.20. The zero-order valence-corrected chi connectivity index (χ0v) is 15.7. The first kappa shape index (κ1) is 18.7. The number of benzene rings is 1. The molecule has 140 valence electrons. The highest BCUT2D eigenvalue weighted by atomic mass is 32.2. The number of carbonyl (C=O) groups excluding carboxylic acids is 1. The van der Waals surface area contributed by atoms with Gasteiger partial charge in [-0.15, -0.1) is 5.10 Å². The molecule has 2 heterocycles. The Kier molecular flexibility index (Phi) is 6.45. The average molecular weight is 377 g/mol. The number of amides is 1. The third kappa shape index (κ3) is 4.95. The number of carbonyl (C=O) groups is 1. The van der Waals surface area contributed by atoms with Crippen LogP contribution in [0, 0.1) is 0 Å². The monoisotopic (exact) mass is 377 g/mol. The molecular weight excluding hydrogens is 354 g/mol. The highest BCUT2D eigenvalue weighted by Crippen LogP contribution is 2.21. The molecule has 8 nitrogen and oxygen atoms in total. The third-order valence-electron chi connectivity index (χ3n) is 4.17. The molecule has 1 N–H and O–H groups in total. The Hall–Kier alpha value is -2.13. The van der Waals surface area contributed by atoms with Crippen molar-refractivity contribution in [2.75, 3.05) is 20.3 Å². The van der Waals surface area contributed by atoms with Gasteiger partial charge in [0.05, 0.1) is 25.0 Å². The van der Waals surface area contributed by atoms with Gasteiger partial charge in [0, 0.05) is 13.2 Å². The number of ether oxygens (including phenoxy) is 2. The van der Waals surface area contributed by atoms with Gasteiger partial charge < -0.3 is 14.8 Å². The largest absolute Gasteiger partial charge is 0.497 e. The van der Waals surface area contributed by atoms with Crippen molar-refractivity contribution < 1.29 is 14.3 Å². The maximum atomic E-state index is 12.3. The van der Waals surface area contributed by atoms with Crippen molar-refractivity contribution in [3.05, 3.63) is 29.8 Å². The molecule has 1 fully saturated rings. The van der Waals surface area contributed by atoms with Gasteiger partial charge in [-0.25, -0.2) is 4.68 Å². The third-order valence-corrected chi connectivity index (χ3v) is 5.24. The maximum Gasteiger partial charge on any atom is 0.233 e. The number of thioether (sulfide) groups is 1. The molecule has 1 aliphatic heterocycles. The van der Waals surface area contributed by atoms with Crippen LogP contribution in [-0.4, -0.2) is 57.7 Å². The fourth-order valence-corrected chi connectivity index (χ4v) is 3.47. The molecule has 26 heavy (non-hydrogen) atoms.